The molecule has 2 nitrogen and oxygen atoms in total. The average Bonchev–Trinajstić information content (AvgIpc) is 2.68. The molecule has 0 saturated carbocycles. The number of hydrogen-bond donors (Lipinski definition) is 1. The Hall–Kier alpha value is -1.55. The lowest BCUT2D eigenvalue weighted by Gasteiger charge is -2.09. The van der Waals surface area contributed by atoms with Crippen LogP contribution >= 0.6 is 11.3 Å². The van der Waals surface area contributed by atoms with E-state index in [-0.39, 0.29) is 5.82 Å². The van der Waals surface area contributed by atoms with E-state index in [0.29, 0.717) is 18.9 Å². The van der Waals surface area contributed by atoms with E-state index in [2.05, 4.69) is 25.2 Å². The topological polar surface area (TPSA) is 21.3 Å². The molecule has 1 heterocycles. The lowest BCUT2D eigenvalue weighted by atomic mass is 10.2. The van der Waals surface area contributed by atoms with Gasteiger partial charge in [-0.1, -0.05) is 0 Å². The minimum atomic E-state index is -0.329. The highest BCUT2D eigenvalue weighted by atomic mass is 32.1. The highest BCUT2D eigenvalue weighted by Crippen LogP contribution is 2.24. The van der Waals surface area contributed by atoms with Crippen LogP contribution in [0, 0.1) is 19.7 Å². The SMILES string of the molecule is CCOc1ccc(NCc2cc(C)sc2C)cc1F. The molecular weight excluding hydrogens is 261 g/mol. The van der Waals surface area contributed by atoms with Gasteiger partial charge >= 0.3 is 0 Å². The van der Waals surface area contributed by atoms with E-state index < -0.39 is 0 Å². The average molecular weight is 279 g/mol. The minimum Gasteiger partial charge on any atom is -0.491 e. The molecule has 102 valence electrons. The molecule has 0 aliphatic carbocycles. The molecule has 0 fully saturated rings. The van der Waals surface area contributed by atoms with Crippen LogP contribution in [0.15, 0.2) is 24.3 Å². The van der Waals surface area contributed by atoms with E-state index in [1.807, 2.05) is 13.0 Å². The van der Waals surface area contributed by atoms with Crippen LogP contribution in [0.3, 0.4) is 0 Å². The van der Waals surface area contributed by atoms with Crippen molar-refractivity contribution in [1.29, 1.82) is 0 Å². The molecule has 0 bridgehead atoms. The maximum Gasteiger partial charge on any atom is 0.167 e. The van der Waals surface area contributed by atoms with Gasteiger partial charge in [-0.3, -0.25) is 0 Å². The number of benzene rings is 1. The number of rotatable bonds is 5. The third kappa shape index (κ3) is 3.47. The van der Waals surface area contributed by atoms with Gasteiger partial charge in [0, 0.05) is 28.1 Å². The van der Waals surface area contributed by atoms with Crippen LogP contribution in [-0.4, -0.2) is 6.61 Å². The summed E-state index contributed by atoms with van der Waals surface area (Å²) < 4.78 is 18.9. The fourth-order valence-corrected chi connectivity index (χ4v) is 2.89. The van der Waals surface area contributed by atoms with Gasteiger partial charge in [-0.25, -0.2) is 4.39 Å². The first-order chi connectivity index (χ1) is 9.10. The lowest BCUT2D eigenvalue weighted by Crippen LogP contribution is -2.01. The number of thiophene rings is 1. The van der Waals surface area contributed by atoms with Crippen molar-refractivity contribution >= 4 is 17.0 Å². The smallest absolute Gasteiger partial charge is 0.167 e. The number of ether oxygens (including phenoxy) is 1. The Balaban J connectivity index is 2.04. The summed E-state index contributed by atoms with van der Waals surface area (Å²) in [5.41, 5.74) is 2.03. The minimum absolute atomic E-state index is 0.301. The number of hydrogen-bond acceptors (Lipinski definition) is 3. The maximum atomic E-state index is 13.7. The summed E-state index contributed by atoms with van der Waals surface area (Å²) in [7, 11) is 0. The van der Waals surface area contributed by atoms with Crippen molar-refractivity contribution < 1.29 is 9.13 Å². The first kappa shape index (κ1) is 13.9. The van der Waals surface area contributed by atoms with Gasteiger partial charge < -0.3 is 10.1 Å². The quantitative estimate of drug-likeness (QED) is 0.869. The van der Waals surface area contributed by atoms with E-state index in [1.165, 1.54) is 21.4 Å². The molecule has 1 N–H and O–H groups in total. The van der Waals surface area contributed by atoms with Crippen LogP contribution in [0.4, 0.5) is 10.1 Å². The van der Waals surface area contributed by atoms with Gasteiger partial charge in [0.05, 0.1) is 6.61 Å². The van der Waals surface area contributed by atoms with Crippen LogP contribution in [0.5, 0.6) is 5.75 Å². The molecule has 2 aromatic rings. The molecule has 4 heteroatoms. The van der Waals surface area contributed by atoms with Gasteiger partial charge in [0.2, 0.25) is 0 Å². The molecule has 0 atom stereocenters. The van der Waals surface area contributed by atoms with Gasteiger partial charge in [-0.05, 0) is 44.5 Å². The van der Waals surface area contributed by atoms with Gasteiger partial charge in [0.1, 0.15) is 0 Å². The van der Waals surface area contributed by atoms with E-state index in [9.17, 15) is 4.39 Å². The first-order valence-corrected chi connectivity index (χ1v) is 7.14. The van der Waals surface area contributed by atoms with Gasteiger partial charge in [-0.15, -0.1) is 11.3 Å². The molecular formula is C15H18FNOS. The first-order valence-electron chi connectivity index (χ1n) is 6.32. The standard InChI is InChI=1S/C15H18FNOS/c1-4-18-15-6-5-13(8-14(15)16)17-9-12-7-10(2)19-11(12)3/h5-8,17H,4,9H2,1-3H3. The largest absolute Gasteiger partial charge is 0.491 e. The van der Waals surface area contributed by atoms with Crippen molar-refractivity contribution in [3.63, 3.8) is 0 Å². The van der Waals surface area contributed by atoms with Gasteiger partial charge in [0.25, 0.3) is 0 Å². The third-order valence-electron chi connectivity index (χ3n) is 2.86. The highest BCUT2D eigenvalue weighted by molar-refractivity contribution is 7.12. The molecule has 19 heavy (non-hydrogen) atoms. The van der Waals surface area contributed by atoms with Crippen molar-refractivity contribution in [2.24, 2.45) is 0 Å². The maximum absolute atomic E-state index is 13.7. The fourth-order valence-electron chi connectivity index (χ4n) is 1.94. The second-order valence-electron chi connectivity index (χ2n) is 4.37. The van der Waals surface area contributed by atoms with E-state index in [1.54, 1.807) is 17.4 Å². The Morgan fingerprint density at radius 2 is 2.05 bits per heavy atom. The molecule has 0 spiro atoms. The lowest BCUT2D eigenvalue weighted by molar-refractivity contribution is 0.321. The molecule has 0 unspecified atom stereocenters. The normalized spacial score (nSPS) is 10.5. The van der Waals surface area contributed by atoms with Crippen LogP contribution in [0.25, 0.3) is 0 Å². The van der Waals surface area contributed by atoms with Gasteiger partial charge in [0.15, 0.2) is 11.6 Å². The fraction of sp³-hybridized carbons (Fsp3) is 0.333. The van der Waals surface area contributed by atoms with Crippen LogP contribution in [-0.2, 0) is 6.54 Å². The number of halogens is 1. The summed E-state index contributed by atoms with van der Waals surface area (Å²) in [6, 6.07) is 7.13. The number of aryl methyl sites for hydroxylation is 2. The highest BCUT2D eigenvalue weighted by Gasteiger charge is 2.06. The second-order valence-corrected chi connectivity index (χ2v) is 5.83. The Kier molecular flexibility index (Phi) is 4.43. The Morgan fingerprint density at radius 3 is 2.63 bits per heavy atom. The third-order valence-corrected chi connectivity index (χ3v) is 3.87. The summed E-state index contributed by atoms with van der Waals surface area (Å²) in [6.07, 6.45) is 0. The zero-order valence-electron chi connectivity index (χ0n) is 11.4. The van der Waals surface area contributed by atoms with E-state index >= 15 is 0 Å². The zero-order chi connectivity index (χ0) is 13.8. The molecule has 0 saturated heterocycles. The molecule has 1 aromatic carbocycles. The predicted octanol–water partition coefficient (Wildman–Crippen LogP) is 4.51. The van der Waals surface area contributed by atoms with Crippen LogP contribution in [0.1, 0.15) is 22.2 Å². The van der Waals surface area contributed by atoms with Gasteiger partial charge in [-0.2, -0.15) is 0 Å². The van der Waals surface area contributed by atoms with Crippen molar-refractivity contribution in [3.05, 3.63) is 45.4 Å². The number of anilines is 1. The summed E-state index contributed by atoms with van der Waals surface area (Å²) in [6.45, 7) is 7.22. The Labute approximate surface area is 117 Å². The molecule has 0 amide bonds. The van der Waals surface area contributed by atoms with Crippen molar-refractivity contribution in [1.82, 2.24) is 0 Å². The monoisotopic (exact) mass is 279 g/mol. The second kappa shape index (κ2) is 6.06. The molecule has 0 radical (unpaired) electrons. The number of nitrogens with one attached hydrogen (secondary N) is 1. The van der Waals surface area contributed by atoms with E-state index in [0.717, 1.165) is 5.69 Å². The van der Waals surface area contributed by atoms with Crippen molar-refractivity contribution in [3.8, 4) is 5.75 Å². The summed E-state index contributed by atoms with van der Waals surface area (Å²) >= 11 is 1.78. The van der Waals surface area contributed by atoms with Crippen molar-refractivity contribution in [2.45, 2.75) is 27.3 Å². The molecule has 2 rings (SSSR count). The molecule has 0 aliphatic rings. The molecule has 1 aromatic heterocycles. The molecule has 0 aliphatic heterocycles. The zero-order valence-corrected chi connectivity index (χ0v) is 12.2. The Morgan fingerprint density at radius 1 is 1.26 bits per heavy atom. The van der Waals surface area contributed by atoms with Crippen LogP contribution < -0.4 is 10.1 Å². The van der Waals surface area contributed by atoms with Crippen molar-refractivity contribution in [2.75, 3.05) is 11.9 Å². The van der Waals surface area contributed by atoms with E-state index in [4.69, 9.17) is 4.74 Å². The Bertz CT molecular complexity index is 565. The summed E-state index contributed by atoms with van der Waals surface area (Å²) in [5, 5.41) is 3.24. The summed E-state index contributed by atoms with van der Waals surface area (Å²) in [5.74, 6) is -0.0271. The predicted molar refractivity (Wildman–Crippen MR) is 78.7 cm³/mol. The van der Waals surface area contributed by atoms with Crippen LogP contribution in [0.2, 0.25) is 0 Å². The summed E-state index contributed by atoms with van der Waals surface area (Å²) in [4.78, 5) is 2.60.